The lowest BCUT2D eigenvalue weighted by atomic mass is 9.94. The highest BCUT2D eigenvalue weighted by atomic mass is 32.1. The molecule has 0 radical (unpaired) electrons. The first-order valence-corrected chi connectivity index (χ1v) is 14.9. The average Bonchev–Trinajstić information content (AvgIpc) is 3.46. The molecule has 0 saturated carbocycles. The maximum atomic E-state index is 12.9. The molecule has 0 bridgehead atoms. The van der Waals surface area contributed by atoms with Crippen molar-refractivity contribution in [3.8, 4) is 11.8 Å². The summed E-state index contributed by atoms with van der Waals surface area (Å²) in [5.74, 6) is 0.0464. The number of nitriles is 1. The number of carbonyl (C=O) groups excluding carboxylic acids is 2. The second-order valence-electron chi connectivity index (χ2n) is 10.1. The van der Waals surface area contributed by atoms with E-state index in [0.717, 1.165) is 20.5 Å². The molecule has 12 nitrogen and oxygen atoms in total. The number of esters is 1. The Hall–Kier alpha value is -5.48. The van der Waals surface area contributed by atoms with Gasteiger partial charge in [0.15, 0.2) is 0 Å². The second-order valence-corrected chi connectivity index (χ2v) is 11.3. The standard InChI is InChI=1S/C32H29N5O7S/c1-2-42-30(38)28(15-27-14-23-13-21(16-33)5-12-29(23)45-27)22-6-10-25(11-7-22)44-26-17-34-31(35-18-26)36-32(39)43-19-20-3-8-24(9-4-20)37(40)41/h3-14,26,28H,2,15,17-19H2,1H3,(H2,34,35,36,39). The van der Waals surface area contributed by atoms with Crippen LogP contribution < -0.4 is 15.4 Å². The lowest BCUT2D eigenvalue weighted by Crippen LogP contribution is -2.49. The molecule has 45 heavy (non-hydrogen) atoms. The Balaban J connectivity index is 1.14. The molecular weight excluding hydrogens is 598 g/mol. The highest BCUT2D eigenvalue weighted by Gasteiger charge is 2.24. The summed E-state index contributed by atoms with van der Waals surface area (Å²) in [6.45, 7) is 2.67. The molecule has 1 aromatic heterocycles. The van der Waals surface area contributed by atoms with Crippen molar-refractivity contribution in [3.05, 3.63) is 104 Å². The van der Waals surface area contributed by atoms with E-state index in [4.69, 9.17) is 14.2 Å². The van der Waals surface area contributed by atoms with Gasteiger partial charge < -0.3 is 19.5 Å². The molecule has 230 valence electrons. The van der Waals surface area contributed by atoms with Gasteiger partial charge in [0.1, 0.15) is 18.5 Å². The van der Waals surface area contributed by atoms with Crippen LogP contribution in [0.25, 0.3) is 10.1 Å². The van der Waals surface area contributed by atoms with Gasteiger partial charge in [-0.1, -0.05) is 12.1 Å². The zero-order chi connectivity index (χ0) is 31.8. The zero-order valence-electron chi connectivity index (χ0n) is 24.2. The first-order chi connectivity index (χ1) is 21.8. The van der Waals surface area contributed by atoms with E-state index < -0.39 is 16.9 Å². The fourth-order valence-corrected chi connectivity index (χ4v) is 5.79. The number of nitro groups is 1. The third kappa shape index (κ3) is 8.12. The van der Waals surface area contributed by atoms with Crippen LogP contribution in [0, 0.1) is 21.4 Å². The Morgan fingerprint density at radius 2 is 1.91 bits per heavy atom. The average molecular weight is 628 g/mol. The van der Waals surface area contributed by atoms with Gasteiger partial charge in [-0.2, -0.15) is 5.26 Å². The summed E-state index contributed by atoms with van der Waals surface area (Å²) in [6, 6.07) is 22.8. The Bertz CT molecular complexity index is 1760. The van der Waals surface area contributed by atoms with Crippen LogP contribution in [0.15, 0.2) is 77.8 Å². The smallest absolute Gasteiger partial charge is 0.414 e. The number of ether oxygens (including phenoxy) is 3. The Morgan fingerprint density at radius 3 is 2.58 bits per heavy atom. The van der Waals surface area contributed by atoms with Crippen molar-refractivity contribution in [1.29, 1.82) is 5.26 Å². The number of hydrogen-bond acceptors (Lipinski definition) is 11. The monoisotopic (exact) mass is 627 g/mol. The number of guanidine groups is 1. The number of carbonyl (C=O) groups is 2. The molecule has 2 N–H and O–H groups in total. The molecule has 1 aliphatic rings. The molecule has 2 unspecified atom stereocenters. The molecule has 2 atom stereocenters. The molecule has 3 aromatic carbocycles. The van der Waals surface area contributed by atoms with Gasteiger partial charge in [0.05, 0.1) is 42.2 Å². The topological polar surface area (TPSA) is 165 Å². The Labute approximate surface area is 262 Å². The number of benzene rings is 3. The van der Waals surface area contributed by atoms with Crippen molar-refractivity contribution in [3.63, 3.8) is 0 Å². The minimum absolute atomic E-state index is 0.0437. The van der Waals surface area contributed by atoms with Gasteiger partial charge in [-0.25, -0.2) is 9.79 Å². The first kappa shape index (κ1) is 31.0. The van der Waals surface area contributed by atoms with Crippen LogP contribution >= 0.6 is 11.3 Å². The summed E-state index contributed by atoms with van der Waals surface area (Å²) >= 11 is 1.59. The molecule has 1 amide bonds. The minimum Gasteiger partial charge on any atom is -0.487 e. The molecule has 0 spiro atoms. The molecule has 1 aliphatic heterocycles. The summed E-state index contributed by atoms with van der Waals surface area (Å²) in [6.07, 6.45) is -0.545. The van der Waals surface area contributed by atoms with Crippen molar-refractivity contribution in [1.82, 2.24) is 10.6 Å². The number of thiophene rings is 1. The Morgan fingerprint density at radius 1 is 1.13 bits per heavy atom. The van der Waals surface area contributed by atoms with Crippen molar-refractivity contribution >= 4 is 45.1 Å². The van der Waals surface area contributed by atoms with E-state index in [0.29, 0.717) is 29.8 Å². The van der Waals surface area contributed by atoms with Gasteiger partial charge in [-0.05, 0) is 78.4 Å². The van der Waals surface area contributed by atoms with Gasteiger partial charge in [-0.15, -0.1) is 11.3 Å². The predicted molar refractivity (Wildman–Crippen MR) is 167 cm³/mol. The lowest BCUT2D eigenvalue weighted by Gasteiger charge is -2.24. The van der Waals surface area contributed by atoms with Crippen molar-refractivity contribution < 1.29 is 28.7 Å². The maximum Gasteiger partial charge on any atom is 0.414 e. The third-order valence-electron chi connectivity index (χ3n) is 6.95. The van der Waals surface area contributed by atoms with Crippen LogP contribution in [-0.4, -0.2) is 48.7 Å². The number of fused-ring (bicyclic) bond motifs is 1. The predicted octanol–water partition coefficient (Wildman–Crippen LogP) is 5.20. The van der Waals surface area contributed by atoms with Crippen molar-refractivity contribution in [2.75, 3.05) is 19.7 Å². The van der Waals surface area contributed by atoms with Crippen LogP contribution in [0.3, 0.4) is 0 Å². The summed E-state index contributed by atoms with van der Waals surface area (Å²) < 4.78 is 17.7. The van der Waals surface area contributed by atoms with Gasteiger partial charge in [0.2, 0.25) is 5.96 Å². The van der Waals surface area contributed by atoms with E-state index in [1.165, 1.54) is 24.3 Å². The molecule has 13 heteroatoms. The summed E-state index contributed by atoms with van der Waals surface area (Å²) in [4.78, 5) is 40.7. The van der Waals surface area contributed by atoms with Gasteiger partial charge in [-0.3, -0.25) is 20.2 Å². The van der Waals surface area contributed by atoms with Gasteiger partial charge in [0, 0.05) is 21.7 Å². The SMILES string of the molecule is CCOC(=O)C(Cc1cc2cc(C#N)ccc2s1)c1ccc(OC2CN=C(NC(=O)OCc3ccc([N+](=O)[O-])cc3)NC2)cc1. The van der Waals surface area contributed by atoms with Crippen LogP contribution in [0.2, 0.25) is 0 Å². The normalized spacial score (nSPS) is 14.8. The summed E-state index contributed by atoms with van der Waals surface area (Å²) in [5.41, 5.74) is 1.96. The van der Waals surface area contributed by atoms with Gasteiger partial charge in [0.25, 0.3) is 5.69 Å². The minimum atomic E-state index is -0.715. The van der Waals surface area contributed by atoms with Crippen molar-refractivity contribution in [2.45, 2.75) is 32.0 Å². The summed E-state index contributed by atoms with van der Waals surface area (Å²) in [7, 11) is 0. The lowest BCUT2D eigenvalue weighted by molar-refractivity contribution is -0.384. The maximum absolute atomic E-state index is 12.9. The van der Waals surface area contributed by atoms with Gasteiger partial charge >= 0.3 is 12.1 Å². The number of alkyl carbamates (subject to hydrolysis) is 1. The molecule has 5 rings (SSSR count). The highest BCUT2D eigenvalue weighted by Crippen LogP contribution is 2.32. The number of hydrogen-bond donors (Lipinski definition) is 2. The highest BCUT2D eigenvalue weighted by molar-refractivity contribution is 7.19. The molecule has 0 saturated heterocycles. The van der Waals surface area contributed by atoms with E-state index in [9.17, 15) is 25.0 Å². The third-order valence-corrected chi connectivity index (χ3v) is 8.08. The van der Waals surface area contributed by atoms with E-state index in [1.54, 1.807) is 36.5 Å². The molecule has 0 aliphatic carbocycles. The number of non-ortho nitro benzene ring substituents is 1. The van der Waals surface area contributed by atoms with E-state index >= 15 is 0 Å². The largest absolute Gasteiger partial charge is 0.487 e. The quantitative estimate of drug-likeness (QED) is 0.136. The molecular formula is C32H29N5O7S. The van der Waals surface area contributed by atoms with Crippen LogP contribution in [0.4, 0.5) is 10.5 Å². The van der Waals surface area contributed by atoms with Crippen LogP contribution in [0.5, 0.6) is 5.75 Å². The summed E-state index contributed by atoms with van der Waals surface area (Å²) in [5, 5.41) is 26.5. The number of rotatable bonds is 10. The zero-order valence-corrected chi connectivity index (χ0v) is 25.0. The van der Waals surface area contributed by atoms with E-state index in [2.05, 4.69) is 21.7 Å². The van der Waals surface area contributed by atoms with Crippen LogP contribution in [0.1, 0.15) is 34.4 Å². The second kappa shape index (κ2) is 14.3. The fraction of sp³-hybridized carbons (Fsp3) is 0.250. The van der Waals surface area contributed by atoms with Crippen molar-refractivity contribution in [2.24, 2.45) is 4.99 Å². The first-order valence-electron chi connectivity index (χ1n) is 14.1. The molecule has 4 aromatic rings. The number of nitrogens with zero attached hydrogens (tertiary/aromatic N) is 3. The number of nitrogens with one attached hydrogen (secondary N) is 2. The molecule has 2 heterocycles. The number of aliphatic imine (C=N–C) groups is 1. The van der Waals surface area contributed by atoms with E-state index in [-0.39, 0.29) is 43.5 Å². The Kier molecular flexibility index (Phi) is 9.86. The molecule has 0 fully saturated rings. The van der Waals surface area contributed by atoms with Crippen LogP contribution in [-0.2, 0) is 27.3 Å². The number of amides is 1. The fourth-order valence-electron chi connectivity index (χ4n) is 4.70. The van der Waals surface area contributed by atoms with E-state index in [1.807, 2.05) is 30.3 Å². The number of nitro benzene ring substituents is 1.